The summed E-state index contributed by atoms with van der Waals surface area (Å²) in [5, 5.41) is 5.16. The van der Waals surface area contributed by atoms with Crippen LogP contribution in [0.3, 0.4) is 0 Å². The van der Waals surface area contributed by atoms with Gasteiger partial charge in [0, 0.05) is 0 Å². The molecule has 0 aliphatic rings. The van der Waals surface area contributed by atoms with Crippen molar-refractivity contribution in [2.24, 2.45) is 0 Å². The summed E-state index contributed by atoms with van der Waals surface area (Å²) in [6.45, 7) is 1.85. The lowest BCUT2D eigenvalue weighted by Gasteiger charge is -2.19. The first-order valence-corrected chi connectivity index (χ1v) is 10.5. The van der Waals surface area contributed by atoms with Gasteiger partial charge in [-0.05, 0) is 35.9 Å². The number of amides is 1. The number of nitrogens with zero attached hydrogens (tertiary/aromatic N) is 1. The third-order valence-corrected chi connectivity index (χ3v) is 5.63. The SMILES string of the molecule is Cc1oc(-c2cccs2)nc1CC(=O)NC(Cc1ccccc1)c1ccccc1. The largest absolute Gasteiger partial charge is 0.440 e. The molecule has 2 aromatic carbocycles. The molecule has 0 spiro atoms. The van der Waals surface area contributed by atoms with Gasteiger partial charge in [0.05, 0.1) is 23.0 Å². The Morgan fingerprint density at radius 3 is 2.45 bits per heavy atom. The minimum Gasteiger partial charge on any atom is -0.440 e. The number of benzene rings is 2. The summed E-state index contributed by atoms with van der Waals surface area (Å²) in [7, 11) is 0. The Labute approximate surface area is 174 Å². The van der Waals surface area contributed by atoms with E-state index in [1.54, 1.807) is 11.3 Å². The molecule has 0 radical (unpaired) electrons. The van der Waals surface area contributed by atoms with Gasteiger partial charge in [-0.25, -0.2) is 4.98 Å². The quantitative estimate of drug-likeness (QED) is 0.453. The number of thiophene rings is 1. The van der Waals surface area contributed by atoms with Crippen molar-refractivity contribution < 1.29 is 9.21 Å². The summed E-state index contributed by atoms with van der Waals surface area (Å²) in [4.78, 5) is 18.3. The second-order valence-electron chi connectivity index (χ2n) is 6.90. The van der Waals surface area contributed by atoms with Crippen molar-refractivity contribution in [2.45, 2.75) is 25.8 Å². The molecular weight excluding hydrogens is 380 g/mol. The third-order valence-electron chi connectivity index (χ3n) is 4.77. The second-order valence-corrected chi connectivity index (χ2v) is 7.84. The molecule has 2 heterocycles. The smallest absolute Gasteiger partial charge is 0.236 e. The Bertz CT molecular complexity index is 1060. The van der Waals surface area contributed by atoms with E-state index in [0.29, 0.717) is 17.3 Å². The fourth-order valence-electron chi connectivity index (χ4n) is 3.28. The van der Waals surface area contributed by atoms with E-state index < -0.39 is 0 Å². The molecule has 4 rings (SSSR count). The molecule has 4 aromatic rings. The number of nitrogens with one attached hydrogen (secondary N) is 1. The molecule has 0 bridgehead atoms. The van der Waals surface area contributed by atoms with Gasteiger partial charge in [0.25, 0.3) is 0 Å². The predicted molar refractivity (Wildman–Crippen MR) is 116 cm³/mol. The highest BCUT2D eigenvalue weighted by atomic mass is 32.1. The Morgan fingerprint density at radius 2 is 1.76 bits per heavy atom. The van der Waals surface area contributed by atoms with Crippen LogP contribution in [0.25, 0.3) is 10.8 Å². The van der Waals surface area contributed by atoms with Gasteiger partial charge in [0.1, 0.15) is 5.76 Å². The van der Waals surface area contributed by atoms with E-state index in [1.165, 1.54) is 5.56 Å². The van der Waals surface area contributed by atoms with Gasteiger partial charge in [-0.2, -0.15) is 0 Å². The molecule has 0 fully saturated rings. The zero-order valence-corrected chi connectivity index (χ0v) is 17.0. The van der Waals surface area contributed by atoms with Crippen LogP contribution in [0.1, 0.15) is 28.6 Å². The molecule has 146 valence electrons. The first-order chi connectivity index (χ1) is 14.2. The summed E-state index contributed by atoms with van der Waals surface area (Å²) >= 11 is 1.57. The van der Waals surface area contributed by atoms with Gasteiger partial charge in [0.15, 0.2) is 0 Å². The normalized spacial score (nSPS) is 11.9. The molecule has 1 atom stereocenters. The van der Waals surface area contributed by atoms with Crippen LogP contribution < -0.4 is 5.32 Å². The minimum absolute atomic E-state index is 0.0658. The Morgan fingerprint density at radius 1 is 1.03 bits per heavy atom. The minimum atomic E-state index is -0.102. The molecule has 0 aliphatic heterocycles. The lowest BCUT2D eigenvalue weighted by atomic mass is 9.98. The van der Waals surface area contributed by atoms with E-state index in [4.69, 9.17) is 4.42 Å². The summed E-state index contributed by atoms with van der Waals surface area (Å²) in [6.07, 6.45) is 0.924. The van der Waals surface area contributed by atoms with Gasteiger partial charge >= 0.3 is 0 Å². The zero-order chi connectivity index (χ0) is 20.1. The number of hydrogen-bond donors (Lipinski definition) is 1. The average Bonchev–Trinajstić information content (AvgIpc) is 3.39. The molecular formula is C24H22N2O2S. The summed E-state index contributed by atoms with van der Waals surface area (Å²) in [6, 6.07) is 24.1. The van der Waals surface area contributed by atoms with E-state index in [0.717, 1.165) is 16.9 Å². The topological polar surface area (TPSA) is 55.1 Å². The Kier molecular flexibility index (Phi) is 5.86. The van der Waals surface area contributed by atoms with Gasteiger partial charge in [-0.1, -0.05) is 66.7 Å². The number of oxazole rings is 1. The van der Waals surface area contributed by atoms with Crippen LogP contribution in [0.4, 0.5) is 0 Å². The molecule has 4 nitrogen and oxygen atoms in total. The van der Waals surface area contributed by atoms with Crippen LogP contribution in [-0.4, -0.2) is 10.9 Å². The number of carbonyl (C=O) groups is 1. The first kappa shape index (κ1) is 19.2. The third kappa shape index (κ3) is 4.81. The highest BCUT2D eigenvalue weighted by Gasteiger charge is 2.19. The highest BCUT2D eigenvalue weighted by molar-refractivity contribution is 7.13. The fraction of sp³-hybridized carbons (Fsp3) is 0.167. The van der Waals surface area contributed by atoms with Crippen molar-refractivity contribution in [1.29, 1.82) is 0 Å². The predicted octanol–water partition coefficient (Wildman–Crippen LogP) is 5.35. The van der Waals surface area contributed by atoms with Crippen LogP contribution >= 0.6 is 11.3 Å². The molecule has 29 heavy (non-hydrogen) atoms. The first-order valence-electron chi connectivity index (χ1n) is 9.57. The zero-order valence-electron chi connectivity index (χ0n) is 16.2. The van der Waals surface area contributed by atoms with Crippen molar-refractivity contribution >= 4 is 17.2 Å². The van der Waals surface area contributed by atoms with E-state index in [-0.39, 0.29) is 18.4 Å². The number of aryl methyl sites for hydroxylation is 1. The van der Waals surface area contributed by atoms with Crippen molar-refractivity contribution in [3.63, 3.8) is 0 Å². The fourth-order valence-corrected chi connectivity index (χ4v) is 3.93. The maximum absolute atomic E-state index is 12.8. The van der Waals surface area contributed by atoms with Crippen molar-refractivity contribution in [2.75, 3.05) is 0 Å². The summed E-state index contributed by atoms with van der Waals surface area (Å²) in [5.74, 6) is 1.19. The molecule has 5 heteroatoms. The summed E-state index contributed by atoms with van der Waals surface area (Å²) in [5.41, 5.74) is 2.94. The molecule has 1 amide bonds. The average molecular weight is 403 g/mol. The molecule has 1 N–H and O–H groups in total. The molecule has 0 saturated heterocycles. The van der Waals surface area contributed by atoms with Crippen LogP contribution in [0.2, 0.25) is 0 Å². The van der Waals surface area contributed by atoms with Gasteiger partial charge < -0.3 is 9.73 Å². The molecule has 0 saturated carbocycles. The highest BCUT2D eigenvalue weighted by Crippen LogP contribution is 2.26. The van der Waals surface area contributed by atoms with Crippen LogP contribution in [0.15, 0.2) is 82.6 Å². The van der Waals surface area contributed by atoms with Crippen molar-refractivity contribution in [1.82, 2.24) is 10.3 Å². The lowest BCUT2D eigenvalue weighted by molar-refractivity contribution is -0.121. The van der Waals surface area contributed by atoms with E-state index in [9.17, 15) is 4.79 Å². The Hall–Kier alpha value is -3.18. The van der Waals surface area contributed by atoms with E-state index >= 15 is 0 Å². The van der Waals surface area contributed by atoms with Crippen LogP contribution in [0, 0.1) is 6.92 Å². The van der Waals surface area contributed by atoms with Crippen LogP contribution in [0.5, 0.6) is 0 Å². The Balaban J connectivity index is 1.49. The van der Waals surface area contributed by atoms with Crippen molar-refractivity contribution in [3.8, 4) is 10.8 Å². The van der Waals surface area contributed by atoms with Crippen molar-refractivity contribution in [3.05, 3.63) is 101 Å². The van der Waals surface area contributed by atoms with E-state index in [2.05, 4.69) is 22.4 Å². The van der Waals surface area contributed by atoms with Gasteiger partial charge in [-0.3, -0.25) is 4.79 Å². The molecule has 1 unspecified atom stereocenters. The molecule has 2 aromatic heterocycles. The number of rotatable bonds is 7. The monoisotopic (exact) mass is 402 g/mol. The van der Waals surface area contributed by atoms with E-state index in [1.807, 2.05) is 73.0 Å². The number of hydrogen-bond acceptors (Lipinski definition) is 4. The van der Waals surface area contributed by atoms with Gasteiger partial charge in [0.2, 0.25) is 11.8 Å². The number of aromatic nitrogens is 1. The van der Waals surface area contributed by atoms with Crippen LogP contribution in [-0.2, 0) is 17.6 Å². The number of carbonyl (C=O) groups excluding carboxylic acids is 1. The van der Waals surface area contributed by atoms with Gasteiger partial charge in [-0.15, -0.1) is 11.3 Å². The maximum Gasteiger partial charge on any atom is 0.236 e. The second kappa shape index (κ2) is 8.88. The standard InChI is InChI=1S/C24H22N2O2S/c1-17-20(26-24(28-17)22-13-8-14-29-22)16-23(27)25-21(19-11-6-3-7-12-19)15-18-9-4-2-5-10-18/h2-14,21H,15-16H2,1H3,(H,25,27). The lowest BCUT2D eigenvalue weighted by Crippen LogP contribution is -2.31. The summed E-state index contributed by atoms with van der Waals surface area (Å²) < 4.78 is 5.76. The molecule has 0 aliphatic carbocycles. The maximum atomic E-state index is 12.8.